The average molecular weight is 552 g/mol. The number of rotatable bonds is 2. The minimum atomic E-state index is -0.651. The van der Waals surface area contributed by atoms with Gasteiger partial charge in [-0.15, -0.1) is 0 Å². The second kappa shape index (κ2) is 9.62. The van der Waals surface area contributed by atoms with Crippen molar-refractivity contribution in [2.24, 2.45) is 0 Å². The Morgan fingerprint density at radius 1 is 0.867 bits per heavy atom. The third kappa shape index (κ3) is 6.80. The molecule has 0 heterocycles. The van der Waals surface area contributed by atoms with Crippen molar-refractivity contribution in [3.63, 3.8) is 0 Å². The summed E-state index contributed by atoms with van der Waals surface area (Å²) in [6.07, 6.45) is 0. The summed E-state index contributed by atoms with van der Waals surface area (Å²) in [5, 5.41) is 0. The Morgan fingerprint density at radius 2 is 1.13 bits per heavy atom. The van der Waals surface area contributed by atoms with Crippen LogP contribution in [0.5, 0.6) is 0 Å². The van der Waals surface area contributed by atoms with Gasteiger partial charge in [-0.1, -0.05) is 0 Å². The third-order valence-electron chi connectivity index (χ3n) is 1.85. The summed E-state index contributed by atoms with van der Waals surface area (Å²) in [5.74, 6) is 0. The molecule has 1 aromatic carbocycles. The molecule has 0 spiro atoms. The van der Waals surface area contributed by atoms with Crippen LogP contribution in [-0.4, -0.2) is 29.3 Å². The molecule has 90 valence electrons. The van der Waals surface area contributed by atoms with Gasteiger partial charge in [0.05, 0.1) is 0 Å². The number of hydrogen-bond acceptors (Lipinski definition) is 0. The summed E-state index contributed by atoms with van der Waals surface area (Å²) in [6, 6.07) is 9.05. The second-order valence-electron chi connectivity index (χ2n) is 3.32. The normalized spacial score (nSPS) is 10.4. The van der Waals surface area contributed by atoms with Gasteiger partial charge in [-0.25, -0.2) is 0 Å². The van der Waals surface area contributed by atoms with E-state index in [-0.39, 0.29) is 0 Å². The van der Waals surface area contributed by atoms with Gasteiger partial charge in [-0.3, -0.25) is 0 Å². The Labute approximate surface area is 119 Å². The molecular formula is C10H16As2Cl2Pt. The van der Waals surface area contributed by atoms with Crippen LogP contribution in [0.1, 0.15) is 0 Å². The summed E-state index contributed by atoms with van der Waals surface area (Å²) in [4.78, 5) is 0. The van der Waals surface area contributed by atoms with E-state index in [2.05, 4.69) is 47.1 Å². The predicted octanol–water partition coefficient (Wildman–Crippen LogP) is 2.99. The van der Waals surface area contributed by atoms with E-state index in [9.17, 15) is 0 Å². The van der Waals surface area contributed by atoms with E-state index in [1.54, 1.807) is 8.70 Å². The summed E-state index contributed by atoms with van der Waals surface area (Å²) >= 11 is -1.77. The van der Waals surface area contributed by atoms with Gasteiger partial charge in [0.1, 0.15) is 0 Å². The van der Waals surface area contributed by atoms with E-state index >= 15 is 0 Å². The summed E-state index contributed by atoms with van der Waals surface area (Å²) in [5.41, 5.74) is 9.68. The monoisotopic (exact) mass is 551 g/mol. The van der Waals surface area contributed by atoms with E-state index in [0.717, 1.165) is 0 Å². The van der Waals surface area contributed by atoms with Crippen LogP contribution >= 0.6 is 18.8 Å². The molecule has 0 radical (unpaired) electrons. The molecule has 1 aromatic rings. The maximum atomic E-state index is 4.88. The van der Waals surface area contributed by atoms with Crippen molar-refractivity contribution in [2.75, 3.05) is 0 Å². The van der Waals surface area contributed by atoms with Gasteiger partial charge in [-0.05, 0) is 0 Å². The summed E-state index contributed by atoms with van der Waals surface area (Å²) in [6.45, 7) is 0. The first-order valence-electron chi connectivity index (χ1n) is 4.30. The second-order valence-corrected chi connectivity index (χ2v) is 16.1. The molecule has 0 N–H and O–H groups in total. The van der Waals surface area contributed by atoms with Gasteiger partial charge in [0.15, 0.2) is 0 Å². The van der Waals surface area contributed by atoms with Crippen LogP contribution < -0.4 is 8.70 Å². The molecule has 0 unspecified atom stereocenters. The van der Waals surface area contributed by atoms with E-state index in [0.29, 0.717) is 0 Å². The predicted molar refractivity (Wildman–Crippen MR) is 72.4 cm³/mol. The van der Waals surface area contributed by atoms with Gasteiger partial charge in [0.2, 0.25) is 0 Å². The Kier molecular flexibility index (Phi) is 10.6. The molecule has 5 heteroatoms. The third-order valence-corrected chi connectivity index (χ3v) is 8.36. The van der Waals surface area contributed by atoms with E-state index in [4.69, 9.17) is 18.8 Å². The molecular weight excluding hydrogens is 536 g/mol. The molecule has 0 fully saturated rings. The van der Waals surface area contributed by atoms with Crippen LogP contribution in [0.4, 0.5) is 0 Å². The topological polar surface area (TPSA) is 0 Å². The molecule has 0 atom stereocenters. The SMILES string of the molecule is C[As](C)c1ccccc1[As](C)C.[Cl][Pt][Cl]. The molecule has 0 nitrogen and oxygen atoms in total. The van der Waals surface area contributed by atoms with Crippen LogP contribution in [0, 0.1) is 0 Å². The van der Waals surface area contributed by atoms with E-state index in [1.165, 1.54) is 0 Å². The van der Waals surface area contributed by atoms with Crippen molar-refractivity contribution in [1.29, 1.82) is 0 Å². The standard InChI is InChI=1S/C10H16As2.2ClH.Pt/c1-11(2)9-7-5-6-8-10(9)12(3)4;;;/h5-8H,1-4H3;2*1H;/q;;;+2/p-2. The first kappa shape index (κ1) is 16.6. The van der Waals surface area contributed by atoms with Crippen LogP contribution in [0.15, 0.2) is 24.3 Å². The summed E-state index contributed by atoms with van der Waals surface area (Å²) in [7, 11) is 9.75. The molecule has 15 heavy (non-hydrogen) atoms. The fourth-order valence-electron chi connectivity index (χ4n) is 1.22. The van der Waals surface area contributed by atoms with Gasteiger partial charge in [-0.2, -0.15) is 0 Å². The molecule has 0 saturated heterocycles. The number of hydrogen-bond donors (Lipinski definition) is 0. The first-order valence-corrected chi connectivity index (χ1v) is 19.3. The van der Waals surface area contributed by atoms with Crippen molar-refractivity contribution in [2.45, 2.75) is 22.8 Å². The average Bonchev–Trinajstić information content (AvgIpc) is 2.19. The zero-order valence-electron chi connectivity index (χ0n) is 9.28. The van der Waals surface area contributed by atoms with Crippen molar-refractivity contribution in [1.82, 2.24) is 0 Å². The fourth-order valence-corrected chi connectivity index (χ4v) is 9.43. The zero-order chi connectivity index (χ0) is 11.8. The minimum absolute atomic E-state index is 0.472. The Bertz CT molecular complexity index is 253. The molecule has 0 aliphatic heterocycles. The zero-order valence-corrected chi connectivity index (χ0v) is 16.8. The van der Waals surface area contributed by atoms with Crippen LogP contribution in [0.2, 0.25) is 22.8 Å². The van der Waals surface area contributed by atoms with Crippen molar-refractivity contribution >= 4 is 56.8 Å². The molecule has 0 aliphatic rings. The van der Waals surface area contributed by atoms with Crippen molar-refractivity contribution in [3.05, 3.63) is 24.3 Å². The van der Waals surface area contributed by atoms with Crippen molar-refractivity contribution < 1.29 is 16.5 Å². The Hall–Kier alpha value is 1.61. The molecule has 0 saturated carbocycles. The van der Waals surface area contributed by atoms with Crippen LogP contribution in [-0.2, 0) is 16.5 Å². The quantitative estimate of drug-likeness (QED) is 0.496. The van der Waals surface area contributed by atoms with Crippen LogP contribution in [0.25, 0.3) is 0 Å². The fraction of sp³-hybridized carbons (Fsp3) is 0.400. The van der Waals surface area contributed by atoms with Crippen molar-refractivity contribution in [3.8, 4) is 0 Å². The molecule has 1 rings (SSSR count). The van der Waals surface area contributed by atoms with Gasteiger partial charge in [0.25, 0.3) is 0 Å². The molecule has 0 bridgehead atoms. The first-order chi connectivity index (χ1) is 7.04. The van der Waals surface area contributed by atoms with Gasteiger partial charge < -0.3 is 0 Å². The van der Waals surface area contributed by atoms with Crippen LogP contribution in [0.3, 0.4) is 0 Å². The summed E-state index contributed by atoms with van der Waals surface area (Å²) < 4.78 is 3.41. The molecule has 0 amide bonds. The molecule has 0 aliphatic carbocycles. The number of halogens is 2. The van der Waals surface area contributed by atoms with E-state index in [1.807, 2.05) is 0 Å². The number of benzene rings is 1. The van der Waals surface area contributed by atoms with E-state index < -0.39 is 45.8 Å². The Balaban J connectivity index is 0.000000583. The Morgan fingerprint density at radius 3 is 1.33 bits per heavy atom. The van der Waals surface area contributed by atoms with Gasteiger partial charge in [0, 0.05) is 0 Å². The maximum absolute atomic E-state index is 4.88. The van der Waals surface area contributed by atoms with Gasteiger partial charge >= 0.3 is 120 Å². The molecule has 0 aromatic heterocycles.